The molecule has 3 aromatic rings. The second-order valence-corrected chi connectivity index (χ2v) is 7.79. The highest BCUT2D eigenvalue weighted by atomic mass is 35.5. The Kier molecular flexibility index (Phi) is 5.69. The van der Waals surface area contributed by atoms with Crippen LogP contribution in [-0.2, 0) is 11.0 Å². The molecule has 0 unspecified atom stereocenters. The first-order valence-corrected chi connectivity index (χ1v) is 10.2. The highest BCUT2D eigenvalue weighted by Gasteiger charge is 2.32. The lowest BCUT2D eigenvalue weighted by Crippen LogP contribution is -2.49. The van der Waals surface area contributed by atoms with Crippen LogP contribution in [0.25, 0.3) is 5.78 Å². The Balaban J connectivity index is 1.32. The molecule has 13 heteroatoms. The third-order valence-electron chi connectivity index (χ3n) is 4.50. The third-order valence-corrected chi connectivity index (χ3v) is 5.60. The van der Waals surface area contributed by atoms with Crippen LogP contribution in [0, 0.1) is 0 Å². The van der Waals surface area contributed by atoms with E-state index in [1.165, 1.54) is 16.3 Å². The molecule has 1 amide bonds. The molecule has 3 aromatic heterocycles. The van der Waals surface area contributed by atoms with E-state index in [1.807, 2.05) is 0 Å². The summed E-state index contributed by atoms with van der Waals surface area (Å²) >= 11 is 7.23. The van der Waals surface area contributed by atoms with Crippen molar-refractivity contribution in [2.75, 3.05) is 36.8 Å². The van der Waals surface area contributed by atoms with Crippen LogP contribution in [0.4, 0.5) is 19.0 Å². The van der Waals surface area contributed by atoms with Crippen LogP contribution in [0.2, 0.25) is 5.02 Å². The highest BCUT2D eigenvalue weighted by molar-refractivity contribution is 7.99. The number of rotatable bonds is 4. The van der Waals surface area contributed by atoms with Gasteiger partial charge in [-0.15, -0.1) is 5.10 Å². The van der Waals surface area contributed by atoms with E-state index in [0.29, 0.717) is 37.1 Å². The van der Waals surface area contributed by atoms with Gasteiger partial charge in [0.15, 0.2) is 0 Å². The minimum absolute atomic E-state index is 0.0633. The first-order valence-electron chi connectivity index (χ1n) is 8.87. The summed E-state index contributed by atoms with van der Waals surface area (Å²) < 4.78 is 39.8. The van der Waals surface area contributed by atoms with Crippen LogP contribution in [0.1, 0.15) is 5.56 Å². The average Bonchev–Trinajstić information content (AvgIpc) is 3.14. The summed E-state index contributed by atoms with van der Waals surface area (Å²) in [5.41, 5.74) is -0.891. The molecular weight excluding hydrogens is 443 g/mol. The largest absolute Gasteiger partial charge is 0.417 e. The van der Waals surface area contributed by atoms with Gasteiger partial charge < -0.3 is 9.80 Å². The van der Waals surface area contributed by atoms with Crippen LogP contribution in [0.3, 0.4) is 0 Å². The van der Waals surface area contributed by atoms with Crippen LogP contribution in [0.5, 0.6) is 0 Å². The molecule has 8 nitrogen and oxygen atoms in total. The van der Waals surface area contributed by atoms with E-state index in [1.54, 1.807) is 28.3 Å². The van der Waals surface area contributed by atoms with Gasteiger partial charge in [0.05, 0.1) is 16.3 Å². The summed E-state index contributed by atoms with van der Waals surface area (Å²) in [6, 6.07) is 2.60. The maximum atomic E-state index is 12.8. The molecule has 0 aliphatic carbocycles. The number of pyridine rings is 1. The molecule has 0 atom stereocenters. The number of nitrogens with zero attached hydrogens (tertiary/aromatic N) is 7. The predicted octanol–water partition coefficient (Wildman–Crippen LogP) is 2.63. The van der Waals surface area contributed by atoms with Crippen molar-refractivity contribution in [3.05, 3.63) is 41.3 Å². The Labute approximate surface area is 178 Å². The van der Waals surface area contributed by atoms with Gasteiger partial charge >= 0.3 is 6.18 Å². The second-order valence-electron chi connectivity index (χ2n) is 6.44. The number of hydrogen-bond donors (Lipinski definition) is 0. The van der Waals surface area contributed by atoms with Crippen molar-refractivity contribution in [1.29, 1.82) is 0 Å². The summed E-state index contributed by atoms with van der Waals surface area (Å²) in [6.07, 6.45) is -0.391. The zero-order valence-corrected chi connectivity index (χ0v) is 17.0. The van der Waals surface area contributed by atoms with Crippen molar-refractivity contribution in [3.63, 3.8) is 0 Å². The van der Waals surface area contributed by atoms with Crippen molar-refractivity contribution in [2.45, 2.75) is 11.3 Å². The van der Waals surface area contributed by atoms with E-state index in [-0.39, 0.29) is 22.5 Å². The van der Waals surface area contributed by atoms with Gasteiger partial charge in [-0.25, -0.2) is 14.5 Å². The van der Waals surface area contributed by atoms with Crippen molar-refractivity contribution in [1.82, 2.24) is 29.5 Å². The number of carbonyl (C=O) groups is 1. The first-order chi connectivity index (χ1) is 14.3. The minimum Gasteiger partial charge on any atom is -0.352 e. The normalized spacial score (nSPS) is 15.1. The topological polar surface area (TPSA) is 79.5 Å². The number of alkyl halides is 3. The minimum atomic E-state index is -4.50. The fraction of sp³-hybridized carbons (Fsp3) is 0.353. The van der Waals surface area contributed by atoms with Crippen molar-refractivity contribution >= 4 is 40.9 Å². The fourth-order valence-corrected chi connectivity index (χ4v) is 3.99. The number of aromatic nitrogens is 5. The Hall–Kier alpha value is -2.60. The lowest BCUT2D eigenvalue weighted by Gasteiger charge is -2.35. The molecule has 1 saturated heterocycles. The maximum Gasteiger partial charge on any atom is 0.417 e. The van der Waals surface area contributed by atoms with E-state index >= 15 is 0 Å². The number of amides is 1. The van der Waals surface area contributed by atoms with E-state index in [2.05, 4.69) is 20.1 Å². The standard InChI is InChI=1S/C17H15ClF3N7OS/c18-12-8-11(17(19,20)21)9-23-14(12)27-6-4-26(5-7-27)13(29)10-30-16-24-15-22-2-1-3-28(15)25-16/h1-3,8-9H,4-7,10H2. The van der Waals surface area contributed by atoms with Crippen LogP contribution >= 0.6 is 23.4 Å². The molecule has 1 aliphatic heterocycles. The molecule has 0 radical (unpaired) electrons. The smallest absolute Gasteiger partial charge is 0.352 e. The Morgan fingerprint density at radius 3 is 2.63 bits per heavy atom. The molecule has 1 fully saturated rings. The number of carbonyl (C=O) groups excluding carboxylic acids is 1. The summed E-state index contributed by atoms with van der Waals surface area (Å²) in [7, 11) is 0. The van der Waals surface area contributed by atoms with Crippen LogP contribution in [0.15, 0.2) is 35.9 Å². The number of piperazine rings is 1. The average molecular weight is 458 g/mol. The number of halogens is 4. The molecule has 4 rings (SSSR count). The Bertz CT molecular complexity index is 1040. The van der Waals surface area contributed by atoms with Gasteiger partial charge in [0.1, 0.15) is 5.82 Å². The number of thioether (sulfide) groups is 1. The lowest BCUT2D eigenvalue weighted by molar-refractivity contribution is -0.137. The number of hydrogen-bond acceptors (Lipinski definition) is 7. The van der Waals surface area contributed by atoms with Gasteiger partial charge in [-0.05, 0) is 12.1 Å². The summed E-state index contributed by atoms with van der Waals surface area (Å²) in [5.74, 6) is 0.850. The highest BCUT2D eigenvalue weighted by Crippen LogP contribution is 2.33. The molecule has 0 bridgehead atoms. The van der Waals surface area contributed by atoms with Gasteiger partial charge in [0.25, 0.3) is 5.78 Å². The summed E-state index contributed by atoms with van der Waals surface area (Å²) in [4.78, 5) is 28.1. The van der Waals surface area contributed by atoms with Gasteiger partial charge in [-0.3, -0.25) is 4.79 Å². The molecule has 4 heterocycles. The number of fused-ring (bicyclic) bond motifs is 1. The zero-order chi connectivity index (χ0) is 21.3. The molecule has 30 heavy (non-hydrogen) atoms. The van der Waals surface area contributed by atoms with E-state index in [9.17, 15) is 18.0 Å². The summed E-state index contributed by atoms with van der Waals surface area (Å²) in [6.45, 7) is 1.67. The van der Waals surface area contributed by atoms with Crippen molar-refractivity contribution < 1.29 is 18.0 Å². The quantitative estimate of drug-likeness (QED) is 0.557. The van der Waals surface area contributed by atoms with Crippen LogP contribution in [-0.4, -0.2) is 67.3 Å². The third kappa shape index (κ3) is 4.43. The Morgan fingerprint density at radius 2 is 1.97 bits per heavy atom. The van der Waals surface area contributed by atoms with Gasteiger partial charge in [-0.2, -0.15) is 18.2 Å². The van der Waals surface area contributed by atoms with E-state index < -0.39 is 11.7 Å². The lowest BCUT2D eigenvalue weighted by atomic mass is 10.2. The fourth-order valence-electron chi connectivity index (χ4n) is 2.98. The number of anilines is 1. The SMILES string of the molecule is O=C(CSc1nc2ncccn2n1)N1CCN(c2ncc(C(F)(F)F)cc2Cl)CC1. The molecule has 0 spiro atoms. The molecule has 0 saturated carbocycles. The molecule has 0 N–H and O–H groups in total. The zero-order valence-electron chi connectivity index (χ0n) is 15.4. The second kappa shape index (κ2) is 8.26. The molecule has 1 aliphatic rings. The first kappa shape index (κ1) is 20.7. The van der Waals surface area contributed by atoms with Gasteiger partial charge in [0.2, 0.25) is 11.1 Å². The van der Waals surface area contributed by atoms with Gasteiger partial charge in [-0.1, -0.05) is 23.4 Å². The predicted molar refractivity (Wildman–Crippen MR) is 105 cm³/mol. The summed E-state index contributed by atoms with van der Waals surface area (Å²) in [5, 5.41) is 4.64. The monoisotopic (exact) mass is 457 g/mol. The van der Waals surface area contributed by atoms with Crippen molar-refractivity contribution in [2.24, 2.45) is 0 Å². The molecular formula is C17H15ClF3N7OS. The van der Waals surface area contributed by atoms with E-state index in [4.69, 9.17) is 11.6 Å². The molecule has 0 aromatic carbocycles. The van der Waals surface area contributed by atoms with Crippen LogP contribution < -0.4 is 4.90 Å². The van der Waals surface area contributed by atoms with Crippen molar-refractivity contribution in [3.8, 4) is 0 Å². The van der Waals surface area contributed by atoms with Gasteiger partial charge in [0, 0.05) is 44.8 Å². The van der Waals surface area contributed by atoms with E-state index in [0.717, 1.165) is 12.3 Å². The Morgan fingerprint density at radius 1 is 1.20 bits per heavy atom. The maximum absolute atomic E-state index is 12.8. The molecule has 158 valence electrons.